The Bertz CT molecular complexity index is 2000. The van der Waals surface area contributed by atoms with Crippen molar-refractivity contribution in [1.82, 2.24) is 9.55 Å². The van der Waals surface area contributed by atoms with E-state index in [-0.39, 0.29) is 27.5 Å². The van der Waals surface area contributed by atoms with Gasteiger partial charge in [-0.25, -0.2) is 8.42 Å². The molecule has 0 fully saturated rings. The quantitative estimate of drug-likeness (QED) is 0.188. The van der Waals surface area contributed by atoms with E-state index in [1.165, 1.54) is 12.1 Å². The summed E-state index contributed by atoms with van der Waals surface area (Å²) in [5.74, 6) is -0.283. The van der Waals surface area contributed by atoms with Crippen LogP contribution in [0.4, 0.5) is 5.69 Å². The van der Waals surface area contributed by atoms with Crippen LogP contribution in [0.1, 0.15) is 26.3 Å². The number of pyridine rings is 2. The van der Waals surface area contributed by atoms with Crippen molar-refractivity contribution in [2.75, 3.05) is 11.1 Å². The maximum atomic E-state index is 13.3. The Morgan fingerprint density at radius 3 is 2.37 bits per heavy atom. The first-order valence-electron chi connectivity index (χ1n) is 13.2. The van der Waals surface area contributed by atoms with Crippen molar-refractivity contribution in [3.05, 3.63) is 108 Å². The first kappa shape index (κ1) is 28.0. The second-order valence-corrected chi connectivity index (χ2v) is 13.3. The van der Waals surface area contributed by atoms with Gasteiger partial charge in [0.15, 0.2) is 9.84 Å². The summed E-state index contributed by atoms with van der Waals surface area (Å²) in [5, 5.41) is 4.34. The van der Waals surface area contributed by atoms with E-state index in [2.05, 4.69) is 16.9 Å². The number of anilines is 1. The van der Waals surface area contributed by atoms with Gasteiger partial charge in [-0.15, -0.1) is 0 Å². The molecule has 208 valence electrons. The average molecular weight is 566 g/mol. The van der Waals surface area contributed by atoms with Crippen LogP contribution in [0.25, 0.3) is 38.6 Å². The van der Waals surface area contributed by atoms with Gasteiger partial charge in [0.1, 0.15) is 0 Å². The van der Waals surface area contributed by atoms with Crippen molar-refractivity contribution >= 4 is 43.2 Å². The molecular formula is C33H31N3O4S. The molecular weight excluding hydrogens is 534 g/mol. The summed E-state index contributed by atoms with van der Waals surface area (Å²) in [7, 11) is -3.42. The molecule has 1 amide bonds. The molecule has 5 rings (SSSR count). The molecule has 3 aromatic carbocycles. The van der Waals surface area contributed by atoms with Crippen molar-refractivity contribution in [2.24, 2.45) is 5.41 Å². The fourth-order valence-electron chi connectivity index (χ4n) is 4.92. The van der Waals surface area contributed by atoms with Crippen molar-refractivity contribution in [2.45, 2.75) is 32.6 Å². The number of aryl methyl sites for hydroxylation is 1. The van der Waals surface area contributed by atoms with Crippen LogP contribution in [0.2, 0.25) is 0 Å². The van der Waals surface area contributed by atoms with Gasteiger partial charge in [-0.1, -0.05) is 51.6 Å². The number of rotatable bonds is 6. The molecule has 0 saturated heterocycles. The number of sulfone groups is 1. The normalized spacial score (nSPS) is 12.0. The van der Waals surface area contributed by atoms with E-state index in [0.717, 1.165) is 27.5 Å². The van der Waals surface area contributed by atoms with Crippen LogP contribution in [0.3, 0.4) is 0 Å². The van der Waals surface area contributed by atoms with Crippen LogP contribution < -0.4 is 10.9 Å². The molecule has 0 radical (unpaired) electrons. The lowest BCUT2D eigenvalue weighted by Crippen LogP contribution is -2.20. The predicted octanol–water partition coefficient (Wildman–Crippen LogP) is 6.46. The molecule has 0 saturated carbocycles. The van der Waals surface area contributed by atoms with Gasteiger partial charge < -0.3 is 5.32 Å². The number of fused-ring (bicyclic) bond motifs is 3. The summed E-state index contributed by atoms with van der Waals surface area (Å²) in [4.78, 5) is 30.2. The first-order chi connectivity index (χ1) is 19.4. The molecule has 2 heterocycles. The Hall–Kier alpha value is -4.56. The van der Waals surface area contributed by atoms with Crippen LogP contribution >= 0.6 is 0 Å². The number of aromatic nitrogens is 2. The van der Waals surface area contributed by atoms with Crippen LogP contribution in [0.5, 0.6) is 0 Å². The number of nitrogens with one attached hydrogen (secondary N) is 1. The Labute approximate surface area is 239 Å². The molecule has 7 nitrogen and oxygen atoms in total. The maximum absolute atomic E-state index is 13.3. The number of carbonyl (C=O) groups excluding carboxylic acids is 1. The highest BCUT2D eigenvalue weighted by atomic mass is 32.2. The Kier molecular flexibility index (Phi) is 7.13. The third-order valence-electron chi connectivity index (χ3n) is 6.81. The minimum absolute atomic E-state index is 0.0580. The minimum atomic E-state index is -3.42. The molecule has 0 atom stereocenters. The summed E-state index contributed by atoms with van der Waals surface area (Å²) in [6, 6.07) is 21.4. The predicted molar refractivity (Wildman–Crippen MR) is 165 cm³/mol. The van der Waals surface area contributed by atoms with Gasteiger partial charge >= 0.3 is 0 Å². The van der Waals surface area contributed by atoms with Gasteiger partial charge in [-0.05, 0) is 77.6 Å². The Morgan fingerprint density at radius 1 is 0.976 bits per heavy atom. The number of hydrogen-bond donors (Lipinski definition) is 1. The summed E-state index contributed by atoms with van der Waals surface area (Å²) in [6.07, 6.45) is 2.93. The summed E-state index contributed by atoms with van der Waals surface area (Å²) in [5.41, 5.74) is 4.53. The smallest absolute Gasteiger partial charge is 0.255 e. The van der Waals surface area contributed by atoms with Crippen LogP contribution in [-0.2, 0) is 14.6 Å². The molecule has 41 heavy (non-hydrogen) atoms. The number of hydrogen-bond acceptors (Lipinski definition) is 5. The molecule has 0 aliphatic heterocycles. The molecule has 0 spiro atoms. The van der Waals surface area contributed by atoms with E-state index in [0.29, 0.717) is 22.4 Å². The van der Waals surface area contributed by atoms with E-state index in [1.54, 1.807) is 47.2 Å². The van der Waals surface area contributed by atoms with Gasteiger partial charge in [-0.3, -0.25) is 19.1 Å². The van der Waals surface area contributed by atoms with E-state index >= 15 is 0 Å². The van der Waals surface area contributed by atoms with E-state index < -0.39 is 9.84 Å². The van der Waals surface area contributed by atoms with Gasteiger partial charge in [0, 0.05) is 28.7 Å². The largest absolute Gasteiger partial charge is 0.322 e. The van der Waals surface area contributed by atoms with Gasteiger partial charge in [0.25, 0.3) is 5.56 Å². The second kappa shape index (κ2) is 10.4. The molecule has 0 bridgehead atoms. The van der Waals surface area contributed by atoms with E-state index in [9.17, 15) is 18.0 Å². The SMILES string of the molecule is C=CC(=O)Nc1cc(-n2c(=O)ccc3cnc4ccc(-c5ccc(S(=O)(=O)CC(C)(C)C)cc5)cc4c32)ccc1C. The zero-order chi connectivity index (χ0) is 29.5. The minimum Gasteiger partial charge on any atom is -0.322 e. The van der Waals surface area contributed by atoms with Gasteiger partial charge in [0.2, 0.25) is 5.91 Å². The van der Waals surface area contributed by atoms with Crippen molar-refractivity contribution < 1.29 is 13.2 Å². The molecule has 2 aromatic heterocycles. The van der Waals surface area contributed by atoms with Gasteiger partial charge in [-0.2, -0.15) is 0 Å². The second-order valence-electron chi connectivity index (χ2n) is 11.3. The fraction of sp³-hybridized carbons (Fsp3) is 0.182. The maximum Gasteiger partial charge on any atom is 0.255 e. The molecule has 0 unspecified atom stereocenters. The highest BCUT2D eigenvalue weighted by molar-refractivity contribution is 7.91. The van der Waals surface area contributed by atoms with Crippen LogP contribution in [0.15, 0.2) is 101 Å². The lowest BCUT2D eigenvalue weighted by atomic mass is 10.0. The van der Waals surface area contributed by atoms with Crippen LogP contribution in [0, 0.1) is 12.3 Å². The van der Waals surface area contributed by atoms with Crippen LogP contribution in [-0.4, -0.2) is 29.6 Å². The molecule has 5 aromatic rings. The van der Waals surface area contributed by atoms with Gasteiger partial charge in [0.05, 0.1) is 27.4 Å². The first-order valence-corrected chi connectivity index (χ1v) is 14.8. The van der Waals surface area contributed by atoms with E-state index in [1.807, 2.05) is 58.0 Å². The zero-order valence-electron chi connectivity index (χ0n) is 23.4. The molecule has 0 aliphatic carbocycles. The average Bonchev–Trinajstić information content (AvgIpc) is 2.92. The number of amides is 1. The summed E-state index contributed by atoms with van der Waals surface area (Å²) in [6.45, 7) is 11.1. The number of carbonyl (C=O) groups is 1. The Morgan fingerprint density at radius 2 is 1.68 bits per heavy atom. The lowest BCUT2D eigenvalue weighted by Gasteiger charge is -2.18. The van der Waals surface area contributed by atoms with Crippen molar-refractivity contribution in [3.8, 4) is 16.8 Å². The highest BCUT2D eigenvalue weighted by Crippen LogP contribution is 2.31. The third-order valence-corrected chi connectivity index (χ3v) is 9.05. The standard InChI is InChI=1S/C33H31N3O4S/c1-6-30(37)35-29-18-25(12-7-21(29)2)36-31(38)16-11-24-19-34-28-15-10-23(17-27(28)32(24)36)22-8-13-26(14-9-22)41(39,40)20-33(3,4)5/h6-19H,1,20H2,2-5H3,(H,35,37). The summed E-state index contributed by atoms with van der Waals surface area (Å²) >= 11 is 0. The van der Waals surface area contributed by atoms with Crippen molar-refractivity contribution in [1.29, 1.82) is 0 Å². The number of benzene rings is 3. The molecule has 0 aliphatic rings. The van der Waals surface area contributed by atoms with E-state index in [4.69, 9.17) is 0 Å². The molecule has 8 heteroatoms. The van der Waals surface area contributed by atoms with Crippen molar-refractivity contribution in [3.63, 3.8) is 0 Å². The zero-order valence-corrected chi connectivity index (χ0v) is 24.2. The topological polar surface area (TPSA) is 98.1 Å². The molecule has 1 N–H and O–H groups in total. The number of nitrogens with zero attached hydrogens (tertiary/aromatic N) is 2. The Balaban J connectivity index is 1.66. The third kappa shape index (κ3) is 5.69. The summed E-state index contributed by atoms with van der Waals surface area (Å²) < 4.78 is 27.4. The fourth-order valence-corrected chi connectivity index (χ4v) is 6.78. The lowest BCUT2D eigenvalue weighted by molar-refractivity contribution is -0.111. The highest BCUT2D eigenvalue weighted by Gasteiger charge is 2.23. The monoisotopic (exact) mass is 565 g/mol.